The predicted molar refractivity (Wildman–Crippen MR) is 110 cm³/mol. The zero-order valence-corrected chi connectivity index (χ0v) is 15.8. The molecule has 0 aliphatic rings. The van der Waals surface area contributed by atoms with E-state index < -0.39 is 6.36 Å². The highest BCUT2D eigenvalue weighted by molar-refractivity contribution is 5.81. The third-order valence-corrected chi connectivity index (χ3v) is 4.42. The van der Waals surface area contributed by atoms with Crippen molar-refractivity contribution in [2.45, 2.75) is 12.9 Å². The Hall–Kier alpha value is -3.74. The van der Waals surface area contributed by atoms with Crippen LogP contribution in [-0.2, 0) is 6.54 Å². The molecule has 0 amide bonds. The highest BCUT2D eigenvalue weighted by Gasteiger charge is 2.30. The Morgan fingerprint density at radius 2 is 1.67 bits per heavy atom. The normalized spacial score (nSPS) is 11.3. The van der Waals surface area contributed by atoms with Gasteiger partial charge in [0.25, 0.3) is 0 Å². The van der Waals surface area contributed by atoms with E-state index >= 15 is 0 Å². The van der Waals surface area contributed by atoms with Crippen LogP contribution in [0.2, 0.25) is 0 Å². The fourth-order valence-electron chi connectivity index (χ4n) is 3.14. The number of pyridine rings is 1. The molecule has 0 aliphatic carbocycles. The molecule has 7 heteroatoms. The largest absolute Gasteiger partial charge is 0.573 e. The summed E-state index contributed by atoms with van der Waals surface area (Å²) in [4.78, 5) is 4.15. The molecule has 0 saturated heterocycles. The van der Waals surface area contributed by atoms with Crippen LogP contribution in [0, 0.1) is 0 Å². The van der Waals surface area contributed by atoms with Crippen molar-refractivity contribution in [3.8, 4) is 16.9 Å². The third kappa shape index (κ3) is 5.00. The summed E-state index contributed by atoms with van der Waals surface area (Å²) in [6.45, 7) is 0.647. The van der Waals surface area contributed by atoms with Crippen LogP contribution in [0.5, 0.6) is 5.75 Å². The van der Waals surface area contributed by atoms with Gasteiger partial charge in [-0.3, -0.25) is 4.98 Å². The van der Waals surface area contributed by atoms with Crippen LogP contribution in [0.15, 0.2) is 91.5 Å². The first-order chi connectivity index (χ1) is 14.5. The fourth-order valence-corrected chi connectivity index (χ4v) is 3.14. The molecule has 4 nitrogen and oxygen atoms in total. The van der Waals surface area contributed by atoms with E-state index in [2.05, 4.69) is 15.0 Å². The Kier molecular flexibility index (Phi) is 5.43. The number of hydrogen-bond donors (Lipinski definition) is 1. The first-order valence-electron chi connectivity index (χ1n) is 9.23. The Labute approximate surface area is 171 Å². The number of ether oxygens (including phenoxy) is 1. The zero-order valence-electron chi connectivity index (χ0n) is 15.8. The van der Waals surface area contributed by atoms with Crippen molar-refractivity contribution in [2.75, 3.05) is 5.32 Å². The van der Waals surface area contributed by atoms with Crippen LogP contribution in [0.1, 0.15) is 5.56 Å². The van der Waals surface area contributed by atoms with Gasteiger partial charge in [-0.15, -0.1) is 13.2 Å². The number of rotatable bonds is 6. The van der Waals surface area contributed by atoms with Gasteiger partial charge in [0, 0.05) is 42.6 Å². The minimum Gasteiger partial charge on any atom is -0.406 e. The van der Waals surface area contributed by atoms with E-state index in [9.17, 15) is 13.2 Å². The van der Waals surface area contributed by atoms with Crippen LogP contribution in [0.25, 0.3) is 11.1 Å². The Bertz CT molecular complexity index is 1090. The summed E-state index contributed by atoms with van der Waals surface area (Å²) in [5, 5.41) is 3.29. The van der Waals surface area contributed by atoms with Crippen LogP contribution in [0.4, 0.5) is 24.5 Å². The monoisotopic (exact) mass is 409 g/mol. The number of aromatic nitrogens is 2. The van der Waals surface area contributed by atoms with E-state index in [0.29, 0.717) is 12.2 Å². The van der Waals surface area contributed by atoms with Crippen LogP contribution >= 0.6 is 0 Å². The van der Waals surface area contributed by atoms with E-state index in [-0.39, 0.29) is 5.75 Å². The standard InChI is InChI=1S/C23H18F3N3O/c24-23(25,26)30-20-10-8-19(9-11-20)28-22-16-29(14-17-5-4-12-27-13-17)15-21(22)18-6-2-1-3-7-18/h1-13,15-16,28H,14H2. The second kappa shape index (κ2) is 8.32. The summed E-state index contributed by atoms with van der Waals surface area (Å²) < 4.78 is 43.1. The van der Waals surface area contributed by atoms with E-state index in [0.717, 1.165) is 22.4 Å². The molecule has 4 aromatic rings. The lowest BCUT2D eigenvalue weighted by atomic mass is 10.1. The van der Waals surface area contributed by atoms with Gasteiger partial charge in [0.15, 0.2) is 0 Å². The van der Waals surface area contributed by atoms with Gasteiger partial charge < -0.3 is 14.6 Å². The first kappa shape index (κ1) is 19.6. The van der Waals surface area contributed by atoms with Crippen molar-refractivity contribution in [1.29, 1.82) is 0 Å². The fraction of sp³-hybridized carbons (Fsp3) is 0.0870. The van der Waals surface area contributed by atoms with Crippen LogP contribution in [-0.4, -0.2) is 15.9 Å². The van der Waals surface area contributed by atoms with Crippen molar-refractivity contribution < 1.29 is 17.9 Å². The quantitative estimate of drug-likeness (QED) is 0.410. The number of halogens is 3. The molecule has 0 aliphatic heterocycles. The van der Waals surface area contributed by atoms with Gasteiger partial charge in [0.05, 0.1) is 5.69 Å². The van der Waals surface area contributed by atoms with Crippen molar-refractivity contribution in [3.05, 3.63) is 97.1 Å². The van der Waals surface area contributed by atoms with E-state index in [1.165, 1.54) is 12.1 Å². The maximum absolute atomic E-state index is 12.4. The minimum absolute atomic E-state index is 0.259. The Morgan fingerprint density at radius 1 is 0.900 bits per heavy atom. The molecule has 0 unspecified atom stereocenters. The van der Waals surface area contributed by atoms with Gasteiger partial charge in [-0.1, -0.05) is 36.4 Å². The maximum Gasteiger partial charge on any atom is 0.573 e. The summed E-state index contributed by atoms with van der Waals surface area (Å²) in [5.41, 5.74) is 4.57. The second-order valence-electron chi connectivity index (χ2n) is 6.68. The summed E-state index contributed by atoms with van der Waals surface area (Å²) >= 11 is 0. The zero-order chi connectivity index (χ0) is 21.0. The van der Waals surface area contributed by atoms with Gasteiger partial charge in [-0.05, 0) is 41.5 Å². The smallest absolute Gasteiger partial charge is 0.406 e. The highest BCUT2D eigenvalue weighted by Crippen LogP contribution is 2.32. The van der Waals surface area contributed by atoms with Crippen molar-refractivity contribution in [3.63, 3.8) is 0 Å². The third-order valence-electron chi connectivity index (χ3n) is 4.42. The molecule has 4 rings (SSSR count). The molecule has 0 spiro atoms. The lowest BCUT2D eigenvalue weighted by Crippen LogP contribution is -2.16. The first-order valence-corrected chi connectivity index (χ1v) is 9.23. The molecule has 0 atom stereocenters. The lowest BCUT2D eigenvalue weighted by Gasteiger charge is -2.11. The average Bonchev–Trinajstić information content (AvgIpc) is 3.12. The van der Waals surface area contributed by atoms with E-state index in [1.54, 1.807) is 18.3 Å². The number of nitrogens with zero attached hydrogens (tertiary/aromatic N) is 2. The molecule has 0 bridgehead atoms. The molecule has 2 aromatic heterocycles. The SMILES string of the molecule is FC(F)(F)Oc1ccc(Nc2cn(Cc3cccnc3)cc2-c2ccccc2)cc1. The van der Waals surface area contributed by atoms with Gasteiger partial charge in [-0.2, -0.15) is 0 Å². The summed E-state index contributed by atoms with van der Waals surface area (Å²) in [7, 11) is 0. The molecule has 2 heterocycles. The minimum atomic E-state index is -4.71. The number of benzene rings is 2. The molecule has 0 saturated carbocycles. The number of anilines is 2. The van der Waals surface area contributed by atoms with Crippen molar-refractivity contribution in [2.24, 2.45) is 0 Å². The van der Waals surface area contributed by atoms with E-state index in [1.807, 2.05) is 65.6 Å². The van der Waals surface area contributed by atoms with Crippen LogP contribution in [0.3, 0.4) is 0 Å². The Morgan fingerprint density at radius 3 is 2.33 bits per heavy atom. The molecule has 1 N–H and O–H groups in total. The van der Waals surface area contributed by atoms with Gasteiger partial charge in [0.2, 0.25) is 0 Å². The maximum atomic E-state index is 12.4. The molecular formula is C23H18F3N3O. The number of hydrogen-bond acceptors (Lipinski definition) is 3. The summed E-state index contributed by atoms with van der Waals surface area (Å²) in [6, 6.07) is 19.4. The van der Waals surface area contributed by atoms with Gasteiger partial charge in [0.1, 0.15) is 5.75 Å². The molecule has 0 radical (unpaired) electrons. The van der Waals surface area contributed by atoms with Gasteiger partial charge >= 0.3 is 6.36 Å². The second-order valence-corrected chi connectivity index (χ2v) is 6.68. The molecule has 152 valence electrons. The number of nitrogens with one attached hydrogen (secondary N) is 1. The average molecular weight is 409 g/mol. The molecule has 30 heavy (non-hydrogen) atoms. The van der Waals surface area contributed by atoms with Crippen molar-refractivity contribution in [1.82, 2.24) is 9.55 Å². The molecule has 0 fully saturated rings. The van der Waals surface area contributed by atoms with Gasteiger partial charge in [-0.25, -0.2) is 0 Å². The van der Waals surface area contributed by atoms with Crippen molar-refractivity contribution >= 4 is 11.4 Å². The summed E-state index contributed by atoms with van der Waals surface area (Å²) in [6.07, 6.45) is 2.84. The van der Waals surface area contributed by atoms with Crippen LogP contribution < -0.4 is 10.1 Å². The topological polar surface area (TPSA) is 39.1 Å². The highest BCUT2D eigenvalue weighted by atomic mass is 19.4. The molecule has 2 aromatic carbocycles. The number of alkyl halides is 3. The van der Waals surface area contributed by atoms with E-state index in [4.69, 9.17) is 0 Å². The predicted octanol–water partition coefficient (Wildman–Crippen LogP) is 6.24. The Balaban J connectivity index is 1.61. The molecular weight excluding hydrogens is 391 g/mol. The summed E-state index contributed by atoms with van der Waals surface area (Å²) in [5.74, 6) is -0.259. The lowest BCUT2D eigenvalue weighted by molar-refractivity contribution is -0.274.